The number of aromatic amines is 1. The van der Waals surface area contributed by atoms with Gasteiger partial charge in [0, 0.05) is 29.8 Å². The number of nitrogens with zero attached hydrogens (tertiary/aromatic N) is 1. The summed E-state index contributed by atoms with van der Waals surface area (Å²) in [6.45, 7) is 7.17. The number of alkyl halides is 1. The first-order chi connectivity index (χ1) is 16.5. The number of fused-ring (bicyclic) bond motifs is 3. The van der Waals surface area contributed by atoms with Gasteiger partial charge in [0.05, 0.1) is 12.6 Å². The second kappa shape index (κ2) is 9.34. The van der Waals surface area contributed by atoms with Crippen LogP contribution >= 0.6 is 11.3 Å². The lowest BCUT2D eigenvalue weighted by molar-refractivity contribution is 0.00573. The van der Waals surface area contributed by atoms with Gasteiger partial charge >= 0.3 is 6.09 Å². The first kappa shape index (κ1) is 24.7. The van der Waals surface area contributed by atoms with Crippen LogP contribution in [0.25, 0.3) is 32.1 Å². The number of rotatable bonds is 5. The molecular formula is C27H29FN2O4S. The average Bonchev–Trinajstić information content (AvgIpc) is 3.29. The standard InChI is InChI=1S/C27H29FN2O4S/c1-15-13-19(33-6)21(22-18-11-12-35-24(18)25(31)29-23(15)22)17-9-7-16(8-10-17)14-20(28)30(5)26(32)34-27(2,3)4/h7-13,20H,14H2,1-6H3,(H,29,31). The largest absolute Gasteiger partial charge is 0.496 e. The number of nitrogens with one attached hydrogen (secondary N) is 1. The van der Waals surface area contributed by atoms with Gasteiger partial charge in [-0.1, -0.05) is 24.3 Å². The number of halogens is 1. The van der Waals surface area contributed by atoms with E-state index < -0.39 is 18.0 Å². The van der Waals surface area contributed by atoms with Crippen molar-refractivity contribution in [2.75, 3.05) is 14.2 Å². The minimum atomic E-state index is -1.53. The number of aromatic nitrogens is 1. The van der Waals surface area contributed by atoms with Crippen LogP contribution in [0.4, 0.5) is 9.18 Å². The van der Waals surface area contributed by atoms with Gasteiger partial charge in [-0.3, -0.25) is 9.69 Å². The number of carbonyl (C=O) groups excluding carboxylic acids is 1. The Balaban J connectivity index is 1.71. The molecule has 2 aromatic heterocycles. The topological polar surface area (TPSA) is 71.6 Å². The number of benzene rings is 2. The molecule has 1 amide bonds. The zero-order valence-corrected chi connectivity index (χ0v) is 21.5. The maximum atomic E-state index is 14.9. The number of hydrogen-bond donors (Lipinski definition) is 1. The Kier molecular flexibility index (Phi) is 6.60. The van der Waals surface area contributed by atoms with Gasteiger partial charge in [0.25, 0.3) is 5.56 Å². The third-order valence-electron chi connectivity index (χ3n) is 5.84. The molecule has 35 heavy (non-hydrogen) atoms. The fraction of sp³-hybridized carbons (Fsp3) is 0.333. The van der Waals surface area contributed by atoms with Gasteiger partial charge in [-0.25, -0.2) is 9.18 Å². The van der Waals surface area contributed by atoms with Crippen molar-refractivity contribution in [3.8, 4) is 16.9 Å². The van der Waals surface area contributed by atoms with Crippen LogP contribution < -0.4 is 10.3 Å². The maximum absolute atomic E-state index is 14.9. The predicted octanol–water partition coefficient (Wildman–Crippen LogP) is 6.43. The SMILES string of the molecule is COc1cc(C)c2[nH]c(=O)c3sccc3c2c1-c1ccc(CC(F)N(C)C(=O)OC(C)(C)C)cc1. The van der Waals surface area contributed by atoms with Crippen LogP contribution in [0.3, 0.4) is 0 Å². The molecule has 0 saturated carbocycles. The van der Waals surface area contributed by atoms with E-state index in [1.54, 1.807) is 27.9 Å². The molecule has 0 bridgehead atoms. The number of amides is 1. The van der Waals surface area contributed by atoms with Crippen molar-refractivity contribution in [3.63, 3.8) is 0 Å². The summed E-state index contributed by atoms with van der Waals surface area (Å²) in [6.07, 6.45) is -2.20. The highest BCUT2D eigenvalue weighted by Gasteiger charge is 2.25. The summed E-state index contributed by atoms with van der Waals surface area (Å²) in [4.78, 5) is 28.8. The minimum absolute atomic E-state index is 0.0316. The van der Waals surface area contributed by atoms with Crippen molar-refractivity contribution in [2.45, 2.75) is 46.0 Å². The van der Waals surface area contributed by atoms with Crippen molar-refractivity contribution in [1.29, 1.82) is 0 Å². The summed E-state index contributed by atoms with van der Waals surface area (Å²) >= 11 is 1.40. The summed E-state index contributed by atoms with van der Waals surface area (Å²) < 4.78 is 26.5. The molecule has 0 saturated heterocycles. The monoisotopic (exact) mass is 496 g/mol. The number of hydrogen-bond acceptors (Lipinski definition) is 5. The third-order valence-corrected chi connectivity index (χ3v) is 6.75. The molecule has 1 N–H and O–H groups in total. The number of ether oxygens (including phenoxy) is 2. The smallest absolute Gasteiger partial charge is 0.412 e. The fourth-order valence-electron chi connectivity index (χ4n) is 4.10. The normalized spacial score (nSPS) is 12.7. The van der Waals surface area contributed by atoms with Crippen LogP contribution in [-0.2, 0) is 11.2 Å². The van der Waals surface area contributed by atoms with Gasteiger partial charge < -0.3 is 14.5 Å². The minimum Gasteiger partial charge on any atom is -0.496 e. The molecule has 4 aromatic rings. The molecule has 0 fully saturated rings. The molecule has 6 nitrogen and oxygen atoms in total. The Hall–Kier alpha value is -3.39. The van der Waals surface area contributed by atoms with Crippen LogP contribution in [0.2, 0.25) is 0 Å². The molecule has 184 valence electrons. The van der Waals surface area contributed by atoms with Gasteiger partial charge in [0.2, 0.25) is 0 Å². The number of likely N-dealkylation sites (N-methyl/N-ethyl adjacent to an activating group) is 1. The Labute approximate surface area is 207 Å². The molecular weight excluding hydrogens is 467 g/mol. The zero-order chi connectivity index (χ0) is 25.5. The number of aryl methyl sites for hydroxylation is 1. The molecule has 0 aliphatic carbocycles. The Morgan fingerprint density at radius 3 is 2.51 bits per heavy atom. The number of carbonyl (C=O) groups is 1. The van der Waals surface area contributed by atoms with Gasteiger partial charge in [-0.05, 0) is 61.9 Å². The van der Waals surface area contributed by atoms with E-state index in [1.165, 1.54) is 18.4 Å². The van der Waals surface area contributed by atoms with Crippen LogP contribution in [0.5, 0.6) is 5.75 Å². The Morgan fingerprint density at radius 2 is 1.89 bits per heavy atom. The van der Waals surface area contributed by atoms with Crippen LogP contribution in [0, 0.1) is 6.92 Å². The van der Waals surface area contributed by atoms with E-state index >= 15 is 0 Å². The lowest BCUT2D eigenvalue weighted by Crippen LogP contribution is -2.39. The highest BCUT2D eigenvalue weighted by Crippen LogP contribution is 2.41. The molecule has 1 unspecified atom stereocenters. The van der Waals surface area contributed by atoms with Gasteiger partial charge in [0.15, 0.2) is 6.30 Å². The van der Waals surface area contributed by atoms with Crippen molar-refractivity contribution in [3.05, 3.63) is 63.3 Å². The Bertz CT molecular complexity index is 1450. The molecule has 0 radical (unpaired) electrons. The highest BCUT2D eigenvalue weighted by atomic mass is 32.1. The summed E-state index contributed by atoms with van der Waals surface area (Å²) in [6, 6.07) is 11.4. The molecule has 8 heteroatoms. The van der Waals surface area contributed by atoms with Gasteiger partial charge in [0.1, 0.15) is 16.1 Å². The Morgan fingerprint density at radius 1 is 1.20 bits per heavy atom. The summed E-state index contributed by atoms with van der Waals surface area (Å²) in [5, 5.41) is 3.69. The second-order valence-electron chi connectivity index (χ2n) is 9.57. The molecule has 0 aliphatic heterocycles. The highest BCUT2D eigenvalue weighted by molar-refractivity contribution is 7.17. The third kappa shape index (κ3) is 4.89. The summed E-state index contributed by atoms with van der Waals surface area (Å²) in [7, 11) is 3.01. The molecule has 4 rings (SSSR count). The maximum Gasteiger partial charge on any atom is 0.412 e. The van der Waals surface area contributed by atoms with Crippen LogP contribution in [0.1, 0.15) is 31.9 Å². The first-order valence-corrected chi connectivity index (χ1v) is 12.2. The van der Waals surface area contributed by atoms with Crippen molar-refractivity contribution >= 4 is 38.4 Å². The van der Waals surface area contributed by atoms with E-state index in [-0.39, 0.29) is 12.0 Å². The van der Waals surface area contributed by atoms with E-state index in [4.69, 9.17) is 9.47 Å². The lowest BCUT2D eigenvalue weighted by atomic mass is 9.94. The lowest BCUT2D eigenvalue weighted by Gasteiger charge is -2.26. The van der Waals surface area contributed by atoms with Crippen LogP contribution in [-0.4, -0.2) is 42.0 Å². The van der Waals surface area contributed by atoms with Gasteiger partial charge in [-0.2, -0.15) is 0 Å². The van der Waals surface area contributed by atoms with E-state index in [0.29, 0.717) is 10.4 Å². The fourth-order valence-corrected chi connectivity index (χ4v) is 4.90. The molecule has 2 aromatic carbocycles. The van der Waals surface area contributed by atoms with E-state index in [9.17, 15) is 14.0 Å². The number of pyridine rings is 1. The number of H-pyrrole nitrogens is 1. The molecule has 1 atom stereocenters. The molecule has 2 heterocycles. The number of thiophene rings is 1. The molecule has 0 aliphatic rings. The quantitative estimate of drug-likeness (QED) is 0.323. The van der Waals surface area contributed by atoms with E-state index in [0.717, 1.165) is 43.4 Å². The van der Waals surface area contributed by atoms with Gasteiger partial charge in [-0.15, -0.1) is 11.3 Å². The number of methoxy groups -OCH3 is 1. The second-order valence-corrected chi connectivity index (χ2v) is 10.5. The zero-order valence-electron chi connectivity index (χ0n) is 20.7. The van der Waals surface area contributed by atoms with E-state index in [2.05, 4.69) is 4.98 Å². The predicted molar refractivity (Wildman–Crippen MR) is 139 cm³/mol. The first-order valence-electron chi connectivity index (χ1n) is 11.3. The summed E-state index contributed by atoms with van der Waals surface area (Å²) in [5.41, 5.74) is 3.35. The summed E-state index contributed by atoms with van der Waals surface area (Å²) in [5.74, 6) is 0.690. The average molecular weight is 497 g/mol. The van der Waals surface area contributed by atoms with E-state index in [1.807, 2.05) is 48.7 Å². The molecule has 0 spiro atoms. The van der Waals surface area contributed by atoms with Crippen molar-refractivity contribution < 1.29 is 18.7 Å². The van der Waals surface area contributed by atoms with Crippen LogP contribution in [0.15, 0.2) is 46.6 Å². The van der Waals surface area contributed by atoms with Crippen molar-refractivity contribution in [1.82, 2.24) is 9.88 Å². The van der Waals surface area contributed by atoms with Crippen molar-refractivity contribution in [2.24, 2.45) is 0 Å².